The Labute approximate surface area is 97.9 Å². The Morgan fingerprint density at radius 2 is 2.06 bits per heavy atom. The Morgan fingerprint density at radius 1 is 1.38 bits per heavy atom. The van der Waals surface area contributed by atoms with Crippen molar-refractivity contribution in [3.63, 3.8) is 0 Å². The highest BCUT2D eigenvalue weighted by atomic mass is 16.4. The summed E-state index contributed by atoms with van der Waals surface area (Å²) in [6, 6.07) is 0. The summed E-state index contributed by atoms with van der Waals surface area (Å²) in [5, 5.41) is 11.6. The van der Waals surface area contributed by atoms with E-state index in [9.17, 15) is 0 Å². The van der Waals surface area contributed by atoms with E-state index in [0.717, 1.165) is 26.1 Å². The molecule has 0 spiro atoms. The van der Waals surface area contributed by atoms with Gasteiger partial charge in [-0.25, -0.2) is 0 Å². The summed E-state index contributed by atoms with van der Waals surface area (Å²) < 4.78 is 0. The van der Waals surface area contributed by atoms with Crippen LogP contribution in [0.3, 0.4) is 0 Å². The highest BCUT2D eigenvalue weighted by Crippen LogP contribution is 2.06. The molecule has 1 saturated heterocycles. The Kier molecular flexibility index (Phi) is 6.18. The summed E-state index contributed by atoms with van der Waals surface area (Å²) in [5.41, 5.74) is 5.53. The van der Waals surface area contributed by atoms with E-state index in [1.165, 1.54) is 25.9 Å². The summed E-state index contributed by atoms with van der Waals surface area (Å²) in [5.74, 6) is 0.301. The molecule has 0 atom stereocenters. The van der Waals surface area contributed by atoms with Gasteiger partial charge in [0.05, 0.1) is 6.54 Å². The van der Waals surface area contributed by atoms with Crippen LogP contribution in [0.5, 0.6) is 0 Å². The molecule has 0 amide bonds. The third-order valence-electron chi connectivity index (χ3n) is 2.99. The maximum atomic E-state index is 8.56. The quantitative estimate of drug-likeness (QED) is 0.289. The molecular weight excluding hydrogens is 204 g/mol. The number of hydrogen-bond acceptors (Lipinski definition) is 4. The Bertz CT molecular complexity index is 214. The maximum Gasteiger partial charge on any atom is 0.153 e. The molecule has 94 valence electrons. The molecule has 1 aliphatic heterocycles. The lowest BCUT2D eigenvalue weighted by molar-refractivity contribution is 0.242. The number of oxime groups is 1. The molecular formula is C11H24N4O. The first kappa shape index (κ1) is 13.3. The second kappa shape index (κ2) is 7.46. The van der Waals surface area contributed by atoms with Gasteiger partial charge < -0.3 is 15.8 Å². The van der Waals surface area contributed by atoms with E-state index in [0.29, 0.717) is 12.4 Å². The first-order valence-electron chi connectivity index (χ1n) is 6.17. The zero-order chi connectivity index (χ0) is 11.8. The van der Waals surface area contributed by atoms with Crippen LogP contribution < -0.4 is 5.73 Å². The van der Waals surface area contributed by atoms with Crippen LogP contribution in [0.1, 0.15) is 26.2 Å². The van der Waals surface area contributed by atoms with E-state index < -0.39 is 0 Å². The maximum absolute atomic E-state index is 8.56. The number of nitrogens with two attached hydrogens (primary N) is 1. The minimum atomic E-state index is 0.301. The number of amidine groups is 1. The summed E-state index contributed by atoms with van der Waals surface area (Å²) in [6.07, 6.45) is 3.75. The molecule has 5 heteroatoms. The third-order valence-corrected chi connectivity index (χ3v) is 2.99. The van der Waals surface area contributed by atoms with Crippen LogP contribution in [0, 0.1) is 0 Å². The average Bonchev–Trinajstić information content (AvgIpc) is 2.79. The van der Waals surface area contributed by atoms with E-state index in [1.54, 1.807) is 0 Å². The van der Waals surface area contributed by atoms with Crippen molar-refractivity contribution in [2.45, 2.75) is 26.2 Å². The Hall–Kier alpha value is -0.810. The van der Waals surface area contributed by atoms with Crippen LogP contribution in [0.4, 0.5) is 0 Å². The summed E-state index contributed by atoms with van der Waals surface area (Å²) >= 11 is 0. The number of hydrogen-bond donors (Lipinski definition) is 2. The zero-order valence-electron chi connectivity index (χ0n) is 10.2. The highest BCUT2D eigenvalue weighted by molar-refractivity contribution is 5.81. The molecule has 1 rings (SSSR count). The predicted molar refractivity (Wildman–Crippen MR) is 65.8 cm³/mol. The fourth-order valence-corrected chi connectivity index (χ4v) is 2.14. The van der Waals surface area contributed by atoms with Crippen molar-refractivity contribution in [1.29, 1.82) is 0 Å². The van der Waals surface area contributed by atoms with E-state index >= 15 is 0 Å². The molecule has 1 heterocycles. The summed E-state index contributed by atoms with van der Waals surface area (Å²) in [6.45, 7) is 8.27. The lowest BCUT2D eigenvalue weighted by Gasteiger charge is -2.24. The summed E-state index contributed by atoms with van der Waals surface area (Å²) in [4.78, 5) is 4.72. The normalized spacial score (nSPS) is 18.5. The SMILES string of the molecule is CCCN(CCN1CCCC1)CC(N)=NO. The molecule has 0 unspecified atom stereocenters. The molecule has 0 radical (unpaired) electrons. The second-order valence-electron chi connectivity index (χ2n) is 4.42. The smallest absolute Gasteiger partial charge is 0.153 e. The van der Waals surface area contributed by atoms with Crippen molar-refractivity contribution in [2.24, 2.45) is 10.9 Å². The van der Waals surface area contributed by atoms with Gasteiger partial charge in [0, 0.05) is 13.1 Å². The molecule has 5 nitrogen and oxygen atoms in total. The van der Waals surface area contributed by atoms with Gasteiger partial charge >= 0.3 is 0 Å². The monoisotopic (exact) mass is 228 g/mol. The van der Waals surface area contributed by atoms with E-state index in [2.05, 4.69) is 21.9 Å². The number of likely N-dealkylation sites (tertiary alicyclic amines) is 1. The molecule has 0 aromatic rings. The van der Waals surface area contributed by atoms with Gasteiger partial charge in [-0.2, -0.15) is 0 Å². The van der Waals surface area contributed by atoms with E-state index in [4.69, 9.17) is 10.9 Å². The molecule has 0 aliphatic carbocycles. The van der Waals surface area contributed by atoms with Gasteiger partial charge in [-0.1, -0.05) is 12.1 Å². The van der Waals surface area contributed by atoms with Crippen molar-refractivity contribution in [1.82, 2.24) is 9.80 Å². The topological polar surface area (TPSA) is 65.1 Å². The molecule has 0 bridgehead atoms. The molecule has 16 heavy (non-hydrogen) atoms. The molecule has 1 fully saturated rings. The molecule has 0 saturated carbocycles. The van der Waals surface area contributed by atoms with Crippen molar-refractivity contribution in [3.8, 4) is 0 Å². The minimum absolute atomic E-state index is 0.301. The second-order valence-corrected chi connectivity index (χ2v) is 4.42. The minimum Gasteiger partial charge on any atom is -0.409 e. The van der Waals surface area contributed by atoms with Crippen molar-refractivity contribution < 1.29 is 5.21 Å². The molecule has 0 aromatic heterocycles. The third kappa shape index (κ3) is 4.81. The predicted octanol–water partition coefficient (Wildman–Crippen LogP) is 0.541. The van der Waals surface area contributed by atoms with Crippen LogP contribution in [0.25, 0.3) is 0 Å². The first-order chi connectivity index (χ1) is 7.76. The van der Waals surface area contributed by atoms with Crippen molar-refractivity contribution in [2.75, 3.05) is 39.3 Å². The van der Waals surface area contributed by atoms with Crippen molar-refractivity contribution >= 4 is 5.84 Å². The summed E-state index contributed by atoms with van der Waals surface area (Å²) in [7, 11) is 0. The van der Waals surface area contributed by atoms with Crippen molar-refractivity contribution in [3.05, 3.63) is 0 Å². The molecule has 3 N–H and O–H groups in total. The van der Waals surface area contributed by atoms with Gasteiger partial charge in [0.25, 0.3) is 0 Å². The fourth-order valence-electron chi connectivity index (χ4n) is 2.14. The highest BCUT2D eigenvalue weighted by Gasteiger charge is 2.13. The zero-order valence-corrected chi connectivity index (χ0v) is 10.2. The largest absolute Gasteiger partial charge is 0.409 e. The lowest BCUT2D eigenvalue weighted by atomic mass is 10.3. The Balaban J connectivity index is 2.26. The van der Waals surface area contributed by atoms with Gasteiger partial charge in [-0.3, -0.25) is 4.90 Å². The van der Waals surface area contributed by atoms with Gasteiger partial charge in [0.1, 0.15) is 0 Å². The lowest BCUT2D eigenvalue weighted by Crippen LogP contribution is -2.39. The first-order valence-corrected chi connectivity index (χ1v) is 6.17. The van der Waals surface area contributed by atoms with Gasteiger partial charge in [0.2, 0.25) is 0 Å². The molecule has 1 aliphatic rings. The average molecular weight is 228 g/mol. The van der Waals surface area contributed by atoms with Gasteiger partial charge in [0.15, 0.2) is 5.84 Å². The van der Waals surface area contributed by atoms with Crippen LogP contribution >= 0.6 is 0 Å². The van der Waals surface area contributed by atoms with Crippen LogP contribution in [0.15, 0.2) is 5.16 Å². The fraction of sp³-hybridized carbons (Fsp3) is 0.909. The van der Waals surface area contributed by atoms with Crippen LogP contribution in [0.2, 0.25) is 0 Å². The van der Waals surface area contributed by atoms with Gasteiger partial charge in [-0.05, 0) is 38.9 Å². The van der Waals surface area contributed by atoms with Gasteiger partial charge in [-0.15, -0.1) is 0 Å². The standard InChI is InChI=1S/C11H24N4O/c1-2-5-15(10-11(12)13-16)9-8-14-6-3-4-7-14/h16H,2-10H2,1H3,(H2,12,13). The van der Waals surface area contributed by atoms with E-state index in [1.807, 2.05) is 0 Å². The van der Waals surface area contributed by atoms with E-state index in [-0.39, 0.29) is 0 Å². The van der Waals surface area contributed by atoms with Crippen LogP contribution in [-0.4, -0.2) is 60.1 Å². The number of nitrogens with zero attached hydrogens (tertiary/aromatic N) is 3. The van der Waals surface area contributed by atoms with Crippen LogP contribution in [-0.2, 0) is 0 Å². The molecule has 0 aromatic carbocycles. The number of rotatable bonds is 7. The Morgan fingerprint density at radius 3 is 2.62 bits per heavy atom.